The molecule has 1 aromatic heterocycles. The number of benzene rings is 2. The fourth-order valence-electron chi connectivity index (χ4n) is 2.47. The van der Waals surface area contributed by atoms with Crippen LogP contribution in [0.5, 0.6) is 0 Å². The van der Waals surface area contributed by atoms with Crippen LogP contribution in [-0.2, 0) is 6.42 Å². The Balaban J connectivity index is 1.57. The highest BCUT2D eigenvalue weighted by molar-refractivity contribution is 5.60. The molecule has 0 saturated carbocycles. The number of hydrogen-bond acceptors (Lipinski definition) is 5. The topological polar surface area (TPSA) is 53.1 Å². The number of nitrogens with one attached hydrogen (secondary N) is 2. The van der Waals surface area contributed by atoms with E-state index in [1.165, 1.54) is 5.56 Å². The van der Waals surface area contributed by atoms with Gasteiger partial charge in [0.1, 0.15) is 5.82 Å². The van der Waals surface area contributed by atoms with Crippen LogP contribution in [0, 0.1) is 0 Å². The first kappa shape index (κ1) is 16.8. The number of rotatable bonds is 7. The van der Waals surface area contributed by atoms with Gasteiger partial charge in [0.05, 0.1) is 0 Å². The summed E-state index contributed by atoms with van der Waals surface area (Å²) in [5.41, 5.74) is 3.46. The summed E-state index contributed by atoms with van der Waals surface area (Å²) < 4.78 is 0. The SMILES string of the molecule is CN(C)c1ccc(Nc2ccnc(NCCc3ccccc3)n2)cc1. The minimum Gasteiger partial charge on any atom is -0.378 e. The van der Waals surface area contributed by atoms with Gasteiger partial charge in [-0.25, -0.2) is 4.98 Å². The van der Waals surface area contributed by atoms with Gasteiger partial charge in [-0.15, -0.1) is 0 Å². The zero-order valence-corrected chi connectivity index (χ0v) is 14.6. The first-order chi connectivity index (χ1) is 12.2. The Kier molecular flexibility index (Phi) is 5.46. The van der Waals surface area contributed by atoms with E-state index in [0.29, 0.717) is 5.95 Å². The molecular formula is C20H23N5. The summed E-state index contributed by atoms with van der Waals surface area (Å²) in [6.07, 6.45) is 2.70. The molecule has 0 unspecified atom stereocenters. The minimum absolute atomic E-state index is 0.630. The highest BCUT2D eigenvalue weighted by Gasteiger charge is 2.01. The van der Waals surface area contributed by atoms with E-state index in [1.54, 1.807) is 6.20 Å². The summed E-state index contributed by atoms with van der Waals surface area (Å²) in [4.78, 5) is 10.9. The molecule has 2 aromatic carbocycles. The van der Waals surface area contributed by atoms with E-state index in [-0.39, 0.29) is 0 Å². The van der Waals surface area contributed by atoms with Crippen molar-refractivity contribution in [3.63, 3.8) is 0 Å². The third-order valence-electron chi connectivity index (χ3n) is 3.85. The molecule has 0 amide bonds. The van der Waals surface area contributed by atoms with E-state index in [2.05, 4.69) is 61.9 Å². The van der Waals surface area contributed by atoms with Gasteiger partial charge in [-0.1, -0.05) is 30.3 Å². The molecule has 0 saturated heterocycles. The number of anilines is 4. The van der Waals surface area contributed by atoms with Crippen LogP contribution in [0.4, 0.5) is 23.1 Å². The lowest BCUT2D eigenvalue weighted by molar-refractivity contribution is 0.985. The average molecular weight is 333 g/mol. The molecule has 0 spiro atoms. The second kappa shape index (κ2) is 8.15. The summed E-state index contributed by atoms with van der Waals surface area (Å²) >= 11 is 0. The van der Waals surface area contributed by atoms with Crippen molar-refractivity contribution < 1.29 is 0 Å². The molecule has 5 heteroatoms. The van der Waals surface area contributed by atoms with Gasteiger partial charge >= 0.3 is 0 Å². The molecule has 25 heavy (non-hydrogen) atoms. The van der Waals surface area contributed by atoms with Crippen LogP contribution in [0.2, 0.25) is 0 Å². The first-order valence-corrected chi connectivity index (χ1v) is 8.36. The molecule has 1 heterocycles. The molecule has 0 aliphatic carbocycles. The Morgan fingerprint density at radius 1 is 0.920 bits per heavy atom. The van der Waals surface area contributed by atoms with Crippen LogP contribution in [0.15, 0.2) is 66.9 Å². The largest absolute Gasteiger partial charge is 0.378 e. The second-order valence-electron chi connectivity index (χ2n) is 5.99. The number of aromatic nitrogens is 2. The summed E-state index contributed by atoms with van der Waals surface area (Å²) in [7, 11) is 4.06. The van der Waals surface area contributed by atoms with Crippen molar-refractivity contribution in [3.8, 4) is 0 Å². The Bertz CT molecular complexity index is 785. The fourth-order valence-corrected chi connectivity index (χ4v) is 2.47. The van der Waals surface area contributed by atoms with E-state index in [1.807, 2.05) is 38.4 Å². The van der Waals surface area contributed by atoms with Crippen LogP contribution in [0.25, 0.3) is 0 Å². The quantitative estimate of drug-likeness (QED) is 0.686. The molecule has 3 rings (SSSR count). The Morgan fingerprint density at radius 3 is 2.40 bits per heavy atom. The average Bonchev–Trinajstić information content (AvgIpc) is 2.63. The molecular weight excluding hydrogens is 310 g/mol. The summed E-state index contributed by atoms with van der Waals surface area (Å²) in [6, 6.07) is 20.5. The first-order valence-electron chi connectivity index (χ1n) is 8.36. The van der Waals surface area contributed by atoms with Crippen LogP contribution in [-0.4, -0.2) is 30.6 Å². The van der Waals surface area contributed by atoms with Crippen LogP contribution < -0.4 is 15.5 Å². The van der Waals surface area contributed by atoms with Crippen molar-refractivity contribution in [3.05, 3.63) is 72.4 Å². The monoisotopic (exact) mass is 333 g/mol. The Hall–Kier alpha value is -3.08. The van der Waals surface area contributed by atoms with Gasteiger partial charge in [0.15, 0.2) is 0 Å². The number of hydrogen-bond donors (Lipinski definition) is 2. The third kappa shape index (κ3) is 4.94. The smallest absolute Gasteiger partial charge is 0.224 e. The van der Waals surface area contributed by atoms with Gasteiger partial charge < -0.3 is 15.5 Å². The number of nitrogens with zero attached hydrogens (tertiary/aromatic N) is 3. The normalized spacial score (nSPS) is 10.3. The molecule has 128 valence electrons. The Labute approximate surface area is 148 Å². The van der Waals surface area contributed by atoms with Crippen molar-refractivity contribution in [1.29, 1.82) is 0 Å². The van der Waals surface area contributed by atoms with Crippen molar-refractivity contribution in [2.24, 2.45) is 0 Å². The van der Waals surface area contributed by atoms with Crippen molar-refractivity contribution in [2.75, 3.05) is 36.2 Å². The lowest BCUT2D eigenvalue weighted by Gasteiger charge is -2.13. The van der Waals surface area contributed by atoms with Gasteiger partial charge in [-0.3, -0.25) is 0 Å². The molecule has 0 bridgehead atoms. The standard InChI is InChI=1S/C20H23N5/c1-25(2)18-10-8-17(9-11-18)23-19-13-15-22-20(24-19)21-14-12-16-6-4-3-5-7-16/h3-11,13,15H,12,14H2,1-2H3,(H2,21,22,23,24). The minimum atomic E-state index is 0.630. The summed E-state index contributed by atoms with van der Waals surface area (Å²) in [5.74, 6) is 1.40. The second-order valence-corrected chi connectivity index (χ2v) is 5.99. The van der Waals surface area contributed by atoms with Gasteiger partial charge in [0, 0.05) is 38.2 Å². The van der Waals surface area contributed by atoms with Crippen LogP contribution in [0.1, 0.15) is 5.56 Å². The van der Waals surface area contributed by atoms with E-state index in [4.69, 9.17) is 0 Å². The molecule has 2 N–H and O–H groups in total. The van der Waals surface area contributed by atoms with Crippen LogP contribution in [0.3, 0.4) is 0 Å². The lowest BCUT2D eigenvalue weighted by atomic mass is 10.1. The summed E-state index contributed by atoms with van der Waals surface area (Å²) in [5, 5.41) is 6.58. The van der Waals surface area contributed by atoms with Gasteiger partial charge in [-0.05, 0) is 42.3 Å². The molecule has 5 nitrogen and oxygen atoms in total. The summed E-state index contributed by atoms with van der Waals surface area (Å²) in [6.45, 7) is 0.797. The van der Waals surface area contributed by atoms with E-state index < -0.39 is 0 Å². The maximum atomic E-state index is 4.51. The predicted octanol–water partition coefficient (Wildman–Crippen LogP) is 3.94. The maximum absolute atomic E-state index is 4.51. The fraction of sp³-hybridized carbons (Fsp3) is 0.200. The Morgan fingerprint density at radius 2 is 1.68 bits per heavy atom. The maximum Gasteiger partial charge on any atom is 0.224 e. The molecule has 0 fully saturated rings. The van der Waals surface area contributed by atoms with Crippen LogP contribution >= 0.6 is 0 Å². The molecule has 0 radical (unpaired) electrons. The highest BCUT2D eigenvalue weighted by atomic mass is 15.1. The van der Waals surface area contributed by atoms with E-state index >= 15 is 0 Å². The van der Waals surface area contributed by atoms with Gasteiger partial charge in [-0.2, -0.15) is 4.98 Å². The molecule has 3 aromatic rings. The van der Waals surface area contributed by atoms with E-state index in [0.717, 1.165) is 30.2 Å². The lowest BCUT2D eigenvalue weighted by Crippen LogP contribution is -2.09. The highest BCUT2D eigenvalue weighted by Crippen LogP contribution is 2.19. The molecule has 0 aliphatic rings. The predicted molar refractivity (Wildman–Crippen MR) is 105 cm³/mol. The zero-order valence-electron chi connectivity index (χ0n) is 14.6. The van der Waals surface area contributed by atoms with Gasteiger partial charge in [0.25, 0.3) is 0 Å². The third-order valence-corrected chi connectivity index (χ3v) is 3.85. The molecule has 0 atom stereocenters. The zero-order chi connectivity index (χ0) is 17.5. The molecule has 0 aliphatic heterocycles. The van der Waals surface area contributed by atoms with Crippen molar-refractivity contribution in [1.82, 2.24) is 9.97 Å². The van der Waals surface area contributed by atoms with Crippen molar-refractivity contribution >= 4 is 23.1 Å². The van der Waals surface area contributed by atoms with Gasteiger partial charge in [0.2, 0.25) is 5.95 Å². The van der Waals surface area contributed by atoms with E-state index in [9.17, 15) is 0 Å². The van der Waals surface area contributed by atoms with Crippen molar-refractivity contribution in [2.45, 2.75) is 6.42 Å².